The Labute approximate surface area is 108 Å². The van der Waals surface area contributed by atoms with Crippen molar-refractivity contribution in [2.75, 3.05) is 0 Å². The number of aryl methyl sites for hydroxylation is 1. The fourth-order valence-corrected chi connectivity index (χ4v) is 2.99. The second-order valence-corrected chi connectivity index (χ2v) is 6.04. The average Bonchev–Trinajstić information content (AvgIpc) is 2.75. The summed E-state index contributed by atoms with van der Waals surface area (Å²) in [7, 11) is 0. The van der Waals surface area contributed by atoms with Crippen LogP contribution in [0.15, 0.2) is 15.2 Å². The van der Waals surface area contributed by atoms with E-state index in [1.165, 1.54) is 0 Å². The normalized spacial score (nSPS) is 34.5. The van der Waals surface area contributed by atoms with E-state index >= 15 is 0 Å². The quantitative estimate of drug-likeness (QED) is 0.877. The molecular formula is C12H15BrN2O2. The average molecular weight is 299 g/mol. The minimum atomic E-state index is -0.132. The molecule has 1 atom stereocenters. The van der Waals surface area contributed by atoms with Crippen molar-refractivity contribution in [3.05, 3.63) is 22.1 Å². The van der Waals surface area contributed by atoms with Crippen LogP contribution in [-0.2, 0) is 0 Å². The van der Waals surface area contributed by atoms with Crippen molar-refractivity contribution in [1.29, 1.82) is 0 Å². The van der Waals surface area contributed by atoms with Crippen molar-refractivity contribution in [3.63, 3.8) is 0 Å². The number of nitrogens with two attached hydrogens (primary N) is 1. The van der Waals surface area contributed by atoms with E-state index in [1.54, 1.807) is 6.07 Å². The van der Waals surface area contributed by atoms with Gasteiger partial charge in [-0.05, 0) is 53.6 Å². The molecule has 4 nitrogen and oxygen atoms in total. The lowest BCUT2D eigenvalue weighted by atomic mass is 9.76. The number of halogens is 1. The molecule has 92 valence electrons. The molecule has 0 radical (unpaired) electrons. The molecule has 0 aromatic carbocycles. The number of carbonyl (C=O) groups excluding carboxylic acids is 1. The summed E-state index contributed by atoms with van der Waals surface area (Å²) in [5.74, 6) is 0.239. The summed E-state index contributed by atoms with van der Waals surface area (Å²) in [5.41, 5.74) is 7.15. The number of rotatable bonds is 2. The van der Waals surface area contributed by atoms with Crippen molar-refractivity contribution in [2.45, 2.75) is 38.3 Å². The van der Waals surface area contributed by atoms with Crippen LogP contribution in [0.5, 0.6) is 0 Å². The Bertz CT molecular complexity index is 457. The maximum atomic E-state index is 11.9. The van der Waals surface area contributed by atoms with E-state index in [9.17, 15) is 4.79 Å². The molecule has 0 saturated heterocycles. The monoisotopic (exact) mass is 298 g/mol. The number of hydrogen-bond donors (Lipinski definition) is 2. The summed E-state index contributed by atoms with van der Waals surface area (Å²) < 4.78 is 5.94. The van der Waals surface area contributed by atoms with Gasteiger partial charge < -0.3 is 15.5 Å². The van der Waals surface area contributed by atoms with Gasteiger partial charge in [-0.25, -0.2) is 0 Å². The largest absolute Gasteiger partial charge is 0.444 e. The van der Waals surface area contributed by atoms with Crippen LogP contribution >= 0.6 is 15.9 Å². The Morgan fingerprint density at radius 1 is 1.59 bits per heavy atom. The van der Waals surface area contributed by atoms with E-state index in [1.807, 2.05) is 6.92 Å². The lowest BCUT2D eigenvalue weighted by molar-refractivity contribution is 0.0844. The molecule has 1 unspecified atom stereocenters. The minimum absolute atomic E-state index is 0.132. The molecule has 0 aliphatic heterocycles. The van der Waals surface area contributed by atoms with Gasteiger partial charge in [0.1, 0.15) is 0 Å². The topological polar surface area (TPSA) is 68.3 Å². The summed E-state index contributed by atoms with van der Waals surface area (Å²) in [6, 6.07) is 2.37. The third kappa shape index (κ3) is 1.81. The van der Waals surface area contributed by atoms with Gasteiger partial charge in [-0.3, -0.25) is 4.79 Å². The lowest BCUT2D eigenvalue weighted by Crippen LogP contribution is -2.47. The van der Waals surface area contributed by atoms with Crippen LogP contribution in [0, 0.1) is 12.3 Å². The van der Waals surface area contributed by atoms with Gasteiger partial charge in [-0.1, -0.05) is 0 Å². The first-order valence-corrected chi connectivity index (χ1v) is 6.62. The van der Waals surface area contributed by atoms with Crippen molar-refractivity contribution < 1.29 is 9.21 Å². The van der Waals surface area contributed by atoms with Crippen molar-refractivity contribution >= 4 is 21.8 Å². The standard InChI is InChI=1S/C12H15BrN2O2/c1-6-2-8(17-10(6)13)11(16)15-7-3-12(4-7)5-9(12)14/h2,7,9H,3-5,14H2,1H3,(H,15,16). The smallest absolute Gasteiger partial charge is 0.287 e. The zero-order valence-corrected chi connectivity index (χ0v) is 11.2. The summed E-state index contributed by atoms with van der Waals surface area (Å²) in [6.45, 7) is 1.89. The maximum absolute atomic E-state index is 11.9. The minimum Gasteiger partial charge on any atom is -0.444 e. The number of amides is 1. The van der Waals surface area contributed by atoms with Crippen LogP contribution in [0.2, 0.25) is 0 Å². The number of nitrogens with one attached hydrogen (secondary N) is 1. The van der Waals surface area contributed by atoms with E-state index < -0.39 is 0 Å². The zero-order chi connectivity index (χ0) is 12.2. The summed E-state index contributed by atoms with van der Waals surface area (Å²) >= 11 is 3.25. The van der Waals surface area contributed by atoms with Gasteiger partial charge >= 0.3 is 0 Å². The van der Waals surface area contributed by atoms with Gasteiger partial charge in [0.25, 0.3) is 5.91 Å². The van der Waals surface area contributed by atoms with Gasteiger partial charge in [-0.15, -0.1) is 0 Å². The Morgan fingerprint density at radius 2 is 2.24 bits per heavy atom. The first-order chi connectivity index (χ1) is 8.00. The van der Waals surface area contributed by atoms with E-state index in [4.69, 9.17) is 10.2 Å². The predicted octanol–water partition coefficient (Wildman–Crippen LogP) is 1.96. The van der Waals surface area contributed by atoms with Gasteiger partial charge in [-0.2, -0.15) is 0 Å². The molecule has 5 heteroatoms. The number of carbonyl (C=O) groups is 1. The van der Waals surface area contributed by atoms with Crippen LogP contribution in [0.25, 0.3) is 0 Å². The van der Waals surface area contributed by atoms with E-state index in [2.05, 4.69) is 21.2 Å². The Hall–Kier alpha value is -0.810. The molecule has 17 heavy (non-hydrogen) atoms. The van der Waals surface area contributed by atoms with Crippen LogP contribution in [0.4, 0.5) is 0 Å². The first kappa shape index (κ1) is 11.3. The van der Waals surface area contributed by atoms with Crippen LogP contribution in [-0.4, -0.2) is 18.0 Å². The molecular weight excluding hydrogens is 284 g/mol. The van der Waals surface area contributed by atoms with Gasteiger partial charge in [0.05, 0.1) is 0 Å². The molecule has 2 fully saturated rings. The molecule has 2 aliphatic carbocycles. The van der Waals surface area contributed by atoms with Crippen molar-refractivity contribution in [1.82, 2.24) is 5.32 Å². The molecule has 2 aliphatic rings. The maximum Gasteiger partial charge on any atom is 0.287 e. The molecule has 1 spiro atoms. The molecule has 3 rings (SSSR count). The summed E-state index contributed by atoms with van der Waals surface area (Å²) in [5, 5.41) is 2.98. The fourth-order valence-electron chi connectivity index (χ4n) is 2.70. The van der Waals surface area contributed by atoms with Gasteiger partial charge in [0.15, 0.2) is 10.4 Å². The Balaban J connectivity index is 1.58. The third-order valence-corrected chi connectivity index (χ3v) is 4.76. The zero-order valence-electron chi connectivity index (χ0n) is 9.63. The van der Waals surface area contributed by atoms with E-state index in [0.717, 1.165) is 24.8 Å². The third-order valence-electron chi connectivity index (χ3n) is 3.97. The van der Waals surface area contributed by atoms with Crippen LogP contribution in [0.3, 0.4) is 0 Å². The fraction of sp³-hybridized carbons (Fsp3) is 0.583. The van der Waals surface area contributed by atoms with E-state index in [-0.39, 0.29) is 11.9 Å². The summed E-state index contributed by atoms with van der Waals surface area (Å²) in [6.07, 6.45) is 3.15. The van der Waals surface area contributed by atoms with Crippen LogP contribution in [0.1, 0.15) is 35.4 Å². The molecule has 1 heterocycles. The molecule has 1 aromatic rings. The number of furan rings is 1. The molecule has 1 aromatic heterocycles. The Kier molecular flexibility index (Phi) is 2.38. The van der Waals surface area contributed by atoms with Gasteiger partial charge in [0, 0.05) is 17.6 Å². The molecule has 3 N–H and O–H groups in total. The SMILES string of the molecule is Cc1cc(C(=O)NC2CC3(C2)CC3N)oc1Br. The van der Waals surface area contributed by atoms with Crippen molar-refractivity contribution in [3.8, 4) is 0 Å². The highest BCUT2D eigenvalue weighted by molar-refractivity contribution is 9.10. The van der Waals surface area contributed by atoms with Crippen molar-refractivity contribution in [2.24, 2.45) is 11.1 Å². The van der Waals surface area contributed by atoms with Gasteiger partial charge in [0.2, 0.25) is 0 Å². The molecule has 1 amide bonds. The highest BCUT2D eigenvalue weighted by Gasteiger charge is 2.60. The molecule has 2 saturated carbocycles. The lowest BCUT2D eigenvalue weighted by Gasteiger charge is -2.36. The second kappa shape index (κ2) is 3.59. The second-order valence-electron chi connectivity index (χ2n) is 5.32. The highest BCUT2D eigenvalue weighted by Crippen LogP contribution is 2.59. The summed E-state index contributed by atoms with van der Waals surface area (Å²) in [4.78, 5) is 11.9. The molecule has 0 bridgehead atoms. The highest BCUT2D eigenvalue weighted by atomic mass is 79.9. The number of hydrogen-bond acceptors (Lipinski definition) is 3. The first-order valence-electron chi connectivity index (χ1n) is 5.82. The van der Waals surface area contributed by atoms with E-state index in [0.29, 0.717) is 21.9 Å². The van der Waals surface area contributed by atoms with Crippen LogP contribution < -0.4 is 11.1 Å². The predicted molar refractivity (Wildman–Crippen MR) is 66.7 cm³/mol. The Morgan fingerprint density at radius 3 is 2.71 bits per heavy atom.